The lowest BCUT2D eigenvalue weighted by atomic mass is 10.0. The number of rotatable bonds is 50. The molecule has 0 aromatic rings. The van der Waals surface area contributed by atoms with Gasteiger partial charge in [0.1, 0.15) is 6.10 Å². The fraction of sp³-hybridized carbons (Fsp3) is 0.860. The van der Waals surface area contributed by atoms with Gasteiger partial charge in [0.2, 0.25) is 5.91 Å². The lowest BCUT2D eigenvalue weighted by Gasteiger charge is -2.24. The van der Waals surface area contributed by atoms with Crippen LogP contribution in [0, 0.1) is 0 Å². The molecule has 0 saturated heterocycles. The van der Waals surface area contributed by atoms with Crippen LogP contribution in [-0.4, -0.2) is 46.9 Å². The molecule has 6 heteroatoms. The third-order valence-corrected chi connectivity index (χ3v) is 12.7. The van der Waals surface area contributed by atoms with Gasteiger partial charge in [-0.05, 0) is 77.0 Å². The van der Waals surface area contributed by atoms with E-state index in [0.717, 1.165) is 70.6 Å². The van der Waals surface area contributed by atoms with Gasteiger partial charge in [0, 0.05) is 6.42 Å². The lowest BCUT2D eigenvalue weighted by molar-refractivity contribution is -0.151. The molecular weight excluding hydrogens is 779 g/mol. The molecular formula is C57H107NO5. The maximum absolute atomic E-state index is 13.2. The fourth-order valence-electron chi connectivity index (χ4n) is 8.52. The summed E-state index contributed by atoms with van der Waals surface area (Å²) in [5.74, 6) is -0.483. The highest BCUT2D eigenvalue weighted by Gasteiger charge is 2.24. The van der Waals surface area contributed by atoms with Gasteiger partial charge in [0.25, 0.3) is 0 Å². The fourth-order valence-corrected chi connectivity index (χ4v) is 8.52. The molecule has 0 aliphatic rings. The van der Waals surface area contributed by atoms with Crippen molar-refractivity contribution >= 4 is 11.9 Å². The minimum Gasteiger partial charge on any atom is -0.462 e. The first-order valence-corrected chi connectivity index (χ1v) is 27.7. The van der Waals surface area contributed by atoms with Gasteiger partial charge in [-0.1, -0.05) is 237 Å². The van der Waals surface area contributed by atoms with E-state index in [-0.39, 0.29) is 24.9 Å². The topological polar surface area (TPSA) is 95.9 Å². The van der Waals surface area contributed by atoms with Gasteiger partial charge >= 0.3 is 5.97 Å². The number of nitrogens with one attached hydrogen (secondary N) is 1. The van der Waals surface area contributed by atoms with E-state index in [1.165, 1.54) is 173 Å². The predicted octanol–water partition coefficient (Wildman–Crippen LogP) is 16.8. The number of aliphatic hydroxyl groups excluding tert-OH is 2. The van der Waals surface area contributed by atoms with Gasteiger partial charge in [0.05, 0.1) is 25.2 Å². The van der Waals surface area contributed by atoms with Crippen LogP contribution in [0.1, 0.15) is 290 Å². The van der Waals surface area contributed by atoms with Gasteiger partial charge in [0.15, 0.2) is 0 Å². The molecule has 0 bridgehead atoms. The zero-order valence-corrected chi connectivity index (χ0v) is 42.2. The molecule has 0 saturated carbocycles. The van der Waals surface area contributed by atoms with Crippen LogP contribution in [0.25, 0.3) is 0 Å². The number of hydrogen-bond acceptors (Lipinski definition) is 5. The first kappa shape index (κ1) is 61.1. The van der Waals surface area contributed by atoms with Crippen molar-refractivity contribution in [3.05, 3.63) is 36.5 Å². The highest BCUT2D eigenvalue weighted by Crippen LogP contribution is 2.18. The molecule has 0 aromatic heterocycles. The van der Waals surface area contributed by atoms with Crippen LogP contribution in [0.3, 0.4) is 0 Å². The number of amides is 1. The molecule has 3 N–H and O–H groups in total. The second-order valence-electron chi connectivity index (χ2n) is 19.0. The molecule has 3 atom stereocenters. The minimum atomic E-state index is -0.791. The zero-order chi connectivity index (χ0) is 45.9. The van der Waals surface area contributed by atoms with Crippen molar-refractivity contribution < 1.29 is 24.5 Å². The Balaban J connectivity index is 4.48. The van der Waals surface area contributed by atoms with Gasteiger partial charge in [-0.2, -0.15) is 0 Å². The number of ether oxygens (including phenoxy) is 1. The molecule has 0 spiro atoms. The average Bonchev–Trinajstić information content (AvgIpc) is 3.28. The molecule has 0 radical (unpaired) electrons. The van der Waals surface area contributed by atoms with E-state index in [9.17, 15) is 19.8 Å². The normalized spacial score (nSPS) is 13.4. The van der Waals surface area contributed by atoms with E-state index >= 15 is 0 Å². The number of hydrogen-bond donors (Lipinski definition) is 3. The molecule has 0 rings (SSSR count). The summed E-state index contributed by atoms with van der Waals surface area (Å²) in [7, 11) is 0. The van der Waals surface area contributed by atoms with Gasteiger partial charge < -0.3 is 20.3 Å². The summed E-state index contributed by atoms with van der Waals surface area (Å²) in [6, 6.07) is -0.705. The Morgan fingerprint density at radius 3 is 1.32 bits per heavy atom. The van der Waals surface area contributed by atoms with Crippen molar-refractivity contribution in [3.8, 4) is 0 Å². The molecule has 370 valence electrons. The number of aliphatic hydroxyl groups is 2. The van der Waals surface area contributed by atoms with Gasteiger partial charge in [-0.3, -0.25) is 9.59 Å². The van der Waals surface area contributed by atoms with Crippen LogP contribution in [-0.2, 0) is 14.3 Å². The van der Waals surface area contributed by atoms with Crippen molar-refractivity contribution in [3.63, 3.8) is 0 Å². The van der Waals surface area contributed by atoms with Gasteiger partial charge in [-0.15, -0.1) is 0 Å². The Morgan fingerprint density at radius 2 is 0.857 bits per heavy atom. The molecule has 0 aromatic carbocycles. The summed E-state index contributed by atoms with van der Waals surface area (Å²) in [5.41, 5.74) is 0. The molecule has 0 aliphatic carbocycles. The number of allylic oxidation sites excluding steroid dienone is 6. The van der Waals surface area contributed by atoms with Crippen LogP contribution in [0.4, 0.5) is 0 Å². The van der Waals surface area contributed by atoms with Crippen LogP contribution >= 0.6 is 0 Å². The largest absolute Gasteiger partial charge is 0.462 e. The lowest BCUT2D eigenvalue weighted by Crippen LogP contribution is -2.46. The first-order chi connectivity index (χ1) is 31.0. The summed E-state index contributed by atoms with van der Waals surface area (Å²) in [4.78, 5) is 26.2. The number of esters is 1. The Labute approximate surface area is 392 Å². The summed E-state index contributed by atoms with van der Waals surface area (Å²) in [5, 5.41) is 23.8. The predicted molar refractivity (Wildman–Crippen MR) is 273 cm³/mol. The van der Waals surface area contributed by atoms with Crippen LogP contribution in [0.5, 0.6) is 0 Å². The monoisotopic (exact) mass is 886 g/mol. The maximum atomic E-state index is 13.2. The summed E-state index contributed by atoms with van der Waals surface area (Å²) in [6.07, 6.45) is 60.7. The Hall–Kier alpha value is -1.92. The van der Waals surface area contributed by atoms with Crippen LogP contribution in [0.15, 0.2) is 36.5 Å². The third-order valence-electron chi connectivity index (χ3n) is 12.7. The minimum absolute atomic E-state index is 0.0689. The van der Waals surface area contributed by atoms with Gasteiger partial charge in [-0.25, -0.2) is 0 Å². The number of unbranched alkanes of at least 4 members (excludes halogenated alkanes) is 32. The molecule has 1 amide bonds. The smallest absolute Gasteiger partial charge is 0.306 e. The summed E-state index contributed by atoms with van der Waals surface area (Å²) >= 11 is 0. The highest BCUT2D eigenvalue weighted by molar-refractivity contribution is 5.77. The number of carbonyl (C=O) groups is 2. The second kappa shape index (κ2) is 51.1. The zero-order valence-electron chi connectivity index (χ0n) is 42.2. The molecule has 6 nitrogen and oxygen atoms in total. The summed E-state index contributed by atoms with van der Waals surface area (Å²) < 4.78 is 5.94. The van der Waals surface area contributed by atoms with Crippen molar-refractivity contribution in [2.75, 3.05) is 6.61 Å². The van der Waals surface area contributed by atoms with E-state index in [1.54, 1.807) is 0 Å². The molecule has 0 fully saturated rings. The quantitative estimate of drug-likeness (QED) is 0.0321. The average molecular weight is 886 g/mol. The van der Waals surface area contributed by atoms with Crippen molar-refractivity contribution in [1.82, 2.24) is 5.32 Å². The van der Waals surface area contributed by atoms with Crippen molar-refractivity contribution in [1.29, 1.82) is 0 Å². The van der Waals surface area contributed by atoms with E-state index < -0.39 is 18.2 Å². The van der Waals surface area contributed by atoms with E-state index in [2.05, 4.69) is 62.5 Å². The Kier molecular flexibility index (Phi) is 49.5. The third kappa shape index (κ3) is 46.4. The molecule has 0 aliphatic heterocycles. The Morgan fingerprint density at radius 1 is 0.476 bits per heavy atom. The first-order valence-electron chi connectivity index (χ1n) is 27.7. The molecule has 0 heterocycles. The van der Waals surface area contributed by atoms with Crippen LogP contribution < -0.4 is 5.32 Å². The maximum Gasteiger partial charge on any atom is 0.306 e. The highest BCUT2D eigenvalue weighted by atomic mass is 16.5. The standard InChI is InChI=1S/C57H107NO5/c1-4-7-10-13-16-19-22-25-27-28-30-31-34-37-40-43-46-49-55(60)54(52-59)58-56(61)51-53(48-45-42-39-36-33-24-21-18-15-12-9-6-3)63-57(62)50-47-44-41-38-35-32-29-26-23-20-17-14-11-8-5-2/h9,12,18,20-21,23,53-55,59-60H,4-8,10-11,13-17,19,22,24-52H2,1-3H3,(H,58,61)/b12-9+,21-18+,23-20-. The molecule has 3 unspecified atom stereocenters. The summed E-state index contributed by atoms with van der Waals surface area (Å²) in [6.45, 7) is 6.39. The number of carbonyl (C=O) groups excluding carboxylic acids is 2. The Bertz CT molecular complexity index is 1040. The van der Waals surface area contributed by atoms with Crippen molar-refractivity contribution in [2.45, 2.75) is 309 Å². The SMILES string of the molecule is CC/C=C/C/C=C/CCCCCCCC(CC(=O)NC(CO)C(O)CCCCCCCCCCCCCCCCCCC)OC(=O)CCCCCCCCC/C=C\CCCCCC. The van der Waals surface area contributed by atoms with E-state index in [4.69, 9.17) is 4.74 Å². The van der Waals surface area contributed by atoms with E-state index in [0.29, 0.717) is 19.3 Å². The second-order valence-corrected chi connectivity index (χ2v) is 19.0. The van der Waals surface area contributed by atoms with Crippen LogP contribution in [0.2, 0.25) is 0 Å². The molecule has 63 heavy (non-hydrogen) atoms. The van der Waals surface area contributed by atoms with Crippen molar-refractivity contribution in [2.24, 2.45) is 0 Å². The van der Waals surface area contributed by atoms with E-state index in [1.807, 2.05) is 0 Å².